The van der Waals surface area contributed by atoms with Crippen molar-refractivity contribution in [1.82, 2.24) is 10.2 Å². The molecule has 0 bridgehead atoms. The Hall–Kier alpha value is -2.13. The van der Waals surface area contributed by atoms with Crippen molar-refractivity contribution in [2.75, 3.05) is 18.0 Å². The molecule has 0 unspecified atom stereocenters. The van der Waals surface area contributed by atoms with Gasteiger partial charge in [-0.15, -0.1) is 10.2 Å². The van der Waals surface area contributed by atoms with Crippen LogP contribution in [0.2, 0.25) is 5.02 Å². The van der Waals surface area contributed by atoms with E-state index in [1.165, 1.54) is 24.6 Å². The molecule has 1 aromatic heterocycles. The highest BCUT2D eigenvalue weighted by Crippen LogP contribution is 2.32. The van der Waals surface area contributed by atoms with Crippen LogP contribution in [0.25, 0.3) is 22.0 Å². The Morgan fingerprint density at radius 1 is 0.783 bits per heavy atom. The van der Waals surface area contributed by atoms with Crippen molar-refractivity contribution in [1.29, 1.82) is 0 Å². The normalized spacial score (nSPS) is 15.1. The van der Waals surface area contributed by atoms with Gasteiger partial charge in [-0.25, -0.2) is 0 Å². The van der Waals surface area contributed by atoms with Gasteiger partial charge in [0.1, 0.15) is 5.69 Å². The Bertz CT molecular complexity index is 824. The minimum atomic E-state index is 0.732. The zero-order chi connectivity index (χ0) is 15.6. The van der Waals surface area contributed by atoms with Crippen molar-refractivity contribution in [2.24, 2.45) is 0 Å². The molecule has 0 amide bonds. The smallest absolute Gasteiger partial charge is 0.159 e. The largest absolute Gasteiger partial charge is 0.355 e. The molecular weight excluding hydrogens is 306 g/mol. The van der Waals surface area contributed by atoms with Crippen molar-refractivity contribution in [3.8, 4) is 11.3 Å². The van der Waals surface area contributed by atoms with Crippen LogP contribution in [0.3, 0.4) is 0 Å². The third-order valence-corrected chi connectivity index (χ3v) is 4.69. The summed E-state index contributed by atoms with van der Waals surface area (Å²) in [7, 11) is 0. The van der Waals surface area contributed by atoms with E-state index in [0.717, 1.165) is 40.6 Å². The van der Waals surface area contributed by atoms with Gasteiger partial charge in [0.15, 0.2) is 5.82 Å². The average Bonchev–Trinajstić information content (AvgIpc) is 2.62. The van der Waals surface area contributed by atoms with Crippen molar-refractivity contribution in [3.05, 3.63) is 53.6 Å². The third kappa shape index (κ3) is 2.77. The van der Waals surface area contributed by atoms with Crippen molar-refractivity contribution in [3.63, 3.8) is 0 Å². The summed E-state index contributed by atoms with van der Waals surface area (Å²) in [5.74, 6) is 1.01. The van der Waals surface area contributed by atoms with Crippen molar-refractivity contribution in [2.45, 2.75) is 19.3 Å². The molecule has 1 saturated heterocycles. The molecule has 116 valence electrons. The summed E-state index contributed by atoms with van der Waals surface area (Å²) in [4.78, 5) is 2.37. The fourth-order valence-electron chi connectivity index (χ4n) is 3.25. The van der Waals surface area contributed by atoms with E-state index in [1.54, 1.807) is 0 Å². The highest BCUT2D eigenvalue weighted by Gasteiger charge is 2.17. The Labute approximate surface area is 140 Å². The second kappa shape index (κ2) is 6.17. The van der Waals surface area contributed by atoms with Crippen molar-refractivity contribution >= 4 is 28.2 Å². The first-order chi connectivity index (χ1) is 11.3. The van der Waals surface area contributed by atoms with Crippen LogP contribution < -0.4 is 4.90 Å². The van der Waals surface area contributed by atoms with Crippen LogP contribution >= 0.6 is 11.6 Å². The molecule has 3 aromatic rings. The number of piperidine rings is 1. The number of anilines is 1. The summed E-state index contributed by atoms with van der Waals surface area (Å²) in [6.45, 7) is 2.14. The Balaban J connectivity index is 1.86. The number of benzene rings is 2. The minimum Gasteiger partial charge on any atom is -0.355 e. The van der Waals surface area contributed by atoms with Gasteiger partial charge >= 0.3 is 0 Å². The van der Waals surface area contributed by atoms with Crippen LogP contribution in [0, 0.1) is 0 Å². The standard InChI is InChI=1S/C19H18ClN3/c20-15-10-8-14(9-11-15)18-16-6-2-3-7-17(16)19(22-21-18)23-12-4-1-5-13-23/h2-3,6-11H,1,4-5,12-13H2. The van der Waals surface area contributed by atoms with Gasteiger partial charge in [-0.05, 0) is 31.4 Å². The zero-order valence-electron chi connectivity index (χ0n) is 12.9. The van der Waals surface area contributed by atoms with E-state index < -0.39 is 0 Å². The van der Waals surface area contributed by atoms with Gasteiger partial charge in [-0.2, -0.15) is 0 Å². The van der Waals surface area contributed by atoms with Crippen LogP contribution in [0.4, 0.5) is 5.82 Å². The highest BCUT2D eigenvalue weighted by molar-refractivity contribution is 6.30. The predicted molar refractivity (Wildman–Crippen MR) is 96.0 cm³/mol. The lowest BCUT2D eigenvalue weighted by Gasteiger charge is -2.28. The van der Waals surface area contributed by atoms with Gasteiger partial charge in [-0.3, -0.25) is 0 Å². The molecule has 0 N–H and O–H groups in total. The number of hydrogen-bond donors (Lipinski definition) is 0. The quantitative estimate of drug-likeness (QED) is 0.669. The number of fused-ring (bicyclic) bond motifs is 1. The first-order valence-electron chi connectivity index (χ1n) is 8.09. The molecule has 0 atom stereocenters. The van der Waals surface area contributed by atoms with Crippen LogP contribution in [0.1, 0.15) is 19.3 Å². The van der Waals surface area contributed by atoms with Crippen LogP contribution in [0.5, 0.6) is 0 Å². The zero-order valence-corrected chi connectivity index (χ0v) is 13.6. The summed E-state index contributed by atoms with van der Waals surface area (Å²) in [6.07, 6.45) is 3.77. The fourth-order valence-corrected chi connectivity index (χ4v) is 3.38. The van der Waals surface area contributed by atoms with E-state index in [1.807, 2.05) is 24.3 Å². The molecule has 4 rings (SSSR count). The van der Waals surface area contributed by atoms with E-state index in [0.29, 0.717) is 0 Å². The lowest BCUT2D eigenvalue weighted by molar-refractivity contribution is 0.573. The molecule has 1 aliphatic heterocycles. The first kappa shape index (κ1) is 14.5. The summed E-state index contributed by atoms with van der Waals surface area (Å²) < 4.78 is 0. The van der Waals surface area contributed by atoms with E-state index in [2.05, 4.69) is 39.4 Å². The molecule has 3 nitrogen and oxygen atoms in total. The van der Waals surface area contributed by atoms with E-state index in [9.17, 15) is 0 Å². The monoisotopic (exact) mass is 323 g/mol. The van der Waals surface area contributed by atoms with Gasteiger partial charge in [-0.1, -0.05) is 48.0 Å². The van der Waals surface area contributed by atoms with Gasteiger partial charge in [0, 0.05) is 34.4 Å². The molecule has 0 aliphatic carbocycles. The molecule has 23 heavy (non-hydrogen) atoms. The molecular formula is C19H18ClN3. The Kier molecular flexibility index (Phi) is 3.88. The molecule has 1 fully saturated rings. The van der Waals surface area contributed by atoms with Crippen LogP contribution in [-0.2, 0) is 0 Å². The molecule has 2 aromatic carbocycles. The number of hydrogen-bond acceptors (Lipinski definition) is 3. The summed E-state index contributed by atoms with van der Waals surface area (Å²) in [5, 5.41) is 12.2. The molecule has 0 saturated carbocycles. The maximum Gasteiger partial charge on any atom is 0.159 e. The number of halogens is 1. The second-order valence-electron chi connectivity index (χ2n) is 5.97. The van der Waals surface area contributed by atoms with Crippen molar-refractivity contribution < 1.29 is 0 Å². The summed E-state index contributed by atoms with van der Waals surface area (Å²) in [6, 6.07) is 16.2. The first-order valence-corrected chi connectivity index (χ1v) is 8.47. The SMILES string of the molecule is Clc1ccc(-c2nnc(N3CCCCC3)c3ccccc23)cc1. The third-order valence-electron chi connectivity index (χ3n) is 4.44. The van der Waals surface area contributed by atoms with Gasteiger partial charge in [0.05, 0.1) is 0 Å². The lowest BCUT2D eigenvalue weighted by Crippen LogP contribution is -2.30. The average molecular weight is 324 g/mol. The maximum atomic E-state index is 6.00. The number of aromatic nitrogens is 2. The summed E-state index contributed by atoms with van der Waals surface area (Å²) >= 11 is 6.00. The van der Waals surface area contributed by atoms with E-state index in [-0.39, 0.29) is 0 Å². The molecule has 2 heterocycles. The minimum absolute atomic E-state index is 0.732. The van der Waals surface area contributed by atoms with E-state index >= 15 is 0 Å². The second-order valence-corrected chi connectivity index (χ2v) is 6.41. The lowest BCUT2D eigenvalue weighted by atomic mass is 10.0. The maximum absolute atomic E-state index is 6.00. The molecule has 4 heteroatoms. The number of rotatable bonds is 2. The predicted octanol–water partition coefficient (Wildman–Crippen LogP) is 4.94. The molecule has 0 radical (unpaired) electrons. The summed E-state index contributed by atoms with van der Waals surface area (Å²) in [5.41, 5.74) is 1.96. The topological polar surface area (TPSA) is 29.0 Å². The fraction of sp³-hybridized carbons (Fsp3) is 0.263. The Morgan fingerprint density at radius 3 is 2.22 bits per heavy atom. The molecule has 0 spiro atoms. The van der Waals surface area contributed by atoms with Gasteiger partial charge in [0.25, 0.3) is 0 Å². The van der Waals surface area contributed by atoms with E-state index in [4.69, 9.17) is 11.6 Å². The molecule has 1 aliphatic rings. The van der Waals surface area contributed by atoms with Gasteiger partial charge in [0.2, 0.25) is 0 Å². The van der Waals surface area contributed by atoms with Crippen LogP contribution in [0.15, 0.2) is 48.5 Å². The highest BCUT2D eigenvalue weighted by atomic mass is 35.5. The number of nitrogens with zero attached hydrogens (tertiary/aromatic N) is 3. The Morgan fingerprint density at radius 2 is 1.48 bits per heavy atom. The van der Waals surface area contributed by atoms with Crippen LogP contribution in [-0.4, -0.2) is 23.3 Å². The van der Waals surface area contributed by atoms with Gasteiger partial charge < -0.3 is 4.90 Å².